The monoisotopic (exact) mass is 366 g/mol. The first-order valence-corrected chi connectivity index (χ1v) is 9.16. The van der Waals surface area contributed by atoms with Crippen molar-refractivity contribution in [3.8, 4) is 0 Å². The summed E-state index contributed by atoms with van der Waals surface area (Å²) in [6.45, 7) is 0.269. The molecule has 106 valence electrons. The predicted octanol–water partition coefficient (Wildman–Crippen LogP) is 1.85. The molecule has 2 N–H and O–H groups in total. The van der Waals surface area contributed by atoms with Crippen LogP contribution in [0.5, 0.6) is 0 Å². The predicted molar refractivity (Wildman–Crippen MR) is 77.6 cm³/mol. The Labute approximate surface area is 125 Å². The highest BCUT2D eigenvalue weighted by Gasteiger charge is 2.23. The maximum absolute atomic E-state index is 11.9. The van der Waals surface area contributed by atoms with Gasteiger partial charge in [0, 0.05) is 23.5 Å². The molecule has 1 fully saturated rings. The van der Waals surface area contributed by atoms with Crippen molar-refractivity contribution in [3.05, 3.63) is 15.9 Å². The Bertz CT molecular complexity index is 552. The molecular weight excluding hydrogens is 352 g/mol. The molecule has 2 rings (SSSR count). The van der Waals surface area contributed by atoms with Gasteiger partial charge in [-0.15, -0.1) is 11.3 Å². The van der Waals surface area contributed by atoms with E-state index in [-0.39, 0.29) is 16.7 Å². The van der Waals surface area contributed by atoms with Crippen molar-refractivity contribution in [2.75, 3.05) is 6.54 Å². The number of hydrogen-bond donors (Lipinski definition) is 2. The lowest BCUT2D eigenvalue weighted by Gasteiger charge is -2.06. The van der Waals surface area contributed by atoms with E-state index in [1.54, 1.807) is 11.4 Å². The molecule has 0 unspecified atom stereocenters. The average molecular weight is 367 g/mol. The van der Waals surface area contributed by atoms with E-state index >= 15 is 0 Å². The second-order valence-corrected chi connectivity index (χ2v) is 8.13. The van der Waals surface area contributed by atoms with Crippen LogP contribution in [0.3, 0.4) is 0 Å². The second kappa shape index (κ2) is 6.34. The molecule has 0 aromatic carbocycles. The first-order chi connectivity index (χ1) is 8.99. The minimum atomic E-state index is -3.47. The third kappa shape index (κ3) is 4.55. The van der Waals surface area contributed by atoms with E-state index in [1.807, 2.05) is 0 Å². The second-order valence-electron chi connectivity index (χ2n) is 4.40. The number of nitrogens with one attached hydrogen (secondary N) is 2. The molecule has 0 saturated heterocycles. The molecule has 0 aliphatic heterocycles. The minimum absolute atomic E-state index is 0.000924. The standard InChI is InChI=1S/C11H15BrN2O3S2/c12-9-5-7-18-11(9)19(16,17)13-6-1-2-10(15)14-8-3-4-8/h5,7-8,13H,1-4,6H2,(H,14,15). The molecule has 19 heavy (non-hydrogen) atoms. The molecular formula is C11H15BrN2O3S2. The normalized spacial score (nSPS) is 15.4. The Balaban J connectivity index is 1.72. The van der Waals surface area contributed by atoms with Gasteiger partial charge in [-0.2, -0.15) is 0 Å². The summed E-state index contributed by atoms with van der Waals surface area (Å²) in [6, 6.07) is 2.05. The van der Waals surface area contributed by atoms with Crippen LogP contribution in [0, 0.1) is 0 Å². The van der Waals surface area contributed by atoms with Gasteiger partial charge in [-0.3, -0.25) is 4.79 Å². The third-order valence-corrected chi connectivity index (χ3v) is 6.77. The van der Waals surface area contributed by atoms with Crippen LogP contribution in [-0.2, 0) is 14.8 Å². The van der Waals surface area contributed by atoms with Gasteiger partial charge in [0.1, 0.15) is 4.21 Å². The number of hydrogen-bond acceptors (Lipinski definition) is 4. The van der Waals surface area contributed by atoms with Crippen molar-refractivity contribution in [1.82, 2.24) is 10.0 Å². The quantitative estimate of drug-likeness (QED) is 0.723. The van der Waals surface area contributed by atoms with Crippen molar-refractivity contribution in [2.45, 2.75) is 35.9 Å². The highest BCUT2D eigenvalue weighted by molar-refractivity contribution is 9.10. The van der Waals surface area contributed by atoms with Crippen LogP contribution >= 0.6 is 27.3 Å². The zero-order valence-corrected chi connectivity index (χ0v) is 13.4. The van der Waals surface area contributed by atoms with Gasteiger partial charge in [-0.05, 0) is 46.6 Å². The molecule has 1 aromatic heterocycles. The van der Waals surface area contributed by atoms with Crippen LogP contribution in [0.4, 0.5) is 0 Å². The smallest absolute Gasteiger partial charge is 0.251 e. The largest absolute Gasteiger partial charge is 0.353 e. The number of rotatable bonds is 7. The van der Waals surface area contributed by atoms with Crippen LogP contribution < -0.4 is 10.0 Å². The number of thiophene rings is 1. The Hall–Kier alpha value is -0.440. The van der Waals surface area contributed by atoms with Crippen LogP contribution in [-0.4, -0.2) is 26.9 Å². The number of halogens is 1. The van der Waals surface area contributed by atoms with Gasteiger partial charge in [0.25, 0.3) is 10.0 Å². The average Bonchev–Trinajstić information content (AvgIpc) is 3.03. The van der Waals surface area contributed by atoms with Gasteiger partial charge in [-0.25, -0.2) is 13.1 Å². The lowest BCUT2D eigenvalue weighted by molar-refractivity contribution is -0.121. The van der Waals surface area contributed by atoms with E-state index in [0.717, 1.165) is 24.2 Å². The fourth-order valence-electron chi connectivity index (χ4n) is 1.52. The van der Waals surface area contributed by atoms with E-state index in [1.165, 1.54) is 0 Å². The van der Waals surface area contributed by atoms with E-state index in [0.29, 0.717) is 23.4 Å². The molecule has 0 radical (unpaired) electrons. The molecule has 1 aliphatic rings. The van der Waals surface area contributed by atoms with Crippen LogP contribution in [0.25, 0.3) is 0 Å². The van der Waals surface area contributed by atoms with Crippen molar-refractivity contribution < 1.29 is 13.2 Å². The number of carbonyl (C=O) groups excluding carboxylic acids is 1. The number of sulfonamides is 1. The SMILES string of the molecule is O=C(CCCNS(=O)(=O)c1sccc1Br)NC1CC1. The Kier molecular flexibility index (Phi) is 4.99. The summed E-state index contributed by atoms with van der Waals surface area (Å²) in [6.07, 6.45) is 2.97. The highest BCUT2D eigenvalue weighted by atomic mass is 79.9. The molecule has 0 atom stereocenters. The van der Waals surface area contributed by atoms with Crippen LogP contribution in [0.1, 0.15) is 25.7 Å². The number of carbonyl (C=O) groups is 1. The van der Waals surface area contributed by atoms with Crippen molar-refractivity contribution >= 4 is 43.2 Å². The summed E-state index contributed by atoms with van der Waals surface area (Å²) in [4.78, 5) is 11.4. The zero-order valence-electron chi connectivity index (χ0n) is 10.2. The fraction of sp³-hybridized carbons (Fsp3) is 0.545. The molecule has 0 spiro atoms. The molecule has 0 bridgehead atoms. The van der Waals surface area contributed by atoms with Gasteiger partial charge in [-0.1, -0.05) is 0 Å². The molecule has 1 saturated carbocycles. The van der Waals surface area contributed by atoms with Gasteiger partial charge < -0.3 is 5.32 Å². The third-order valence-electron chi connectivity index (χ3n) is 2.64. The zero-order chi connectivity index (χ0) is 13.9. The number of amides is 1. The van der Waals surface area contributed by atoms with E-state index in [9.17, 15) is 13.2 Å². The van der Waals surface area contributed by atoms with Crippen molar-refractivity contribution in [3.63, 3.8) is 0 Å². The minimum Gasteiger partial charge on any atom is -0.353 e. The fourth-order valence-corrected chi connectivity index (χ4v) is 4.97. The van der Waals surface area contributed by atoms with Crippen molar-refractivity contribution in [2.24, 2.45) is 0 Å². The Morgan fingerprint density at radius 1 is 1.47 bits per heavy atom. The lowest BCUT2D eigenvalue weighted by atomic mass is 10.3. The first kappa shape index (κ1) is 15.0. The van der Waals surface area contributed by atoms with Crippen molar-refractivity contribution in [1.29, 1.82) is 0 Å². The van der Waals surface area contributed by atoms with Crippen LogP contribution in [0.2, 0.25) is 0 Å². The molecule has 1 aliphatic carbocycles. The lowest BCUT2D eigenvalue weighted by Crippen LogP contribution is -2.28. The van der Waals surface area contributed by atoms with E-state index < -0.39 is 10.0 Å². The molecule has 5 nitrogen and oxygen atoms in total. The van der Waals surface area contributed by atoms with Gasteiger partial charge in [0.05, 0.1) is 0 Å². The molecule has 8 heteroatoms. The molecule has 1 heterocycles. The highest BCUT2D eigenvalue weighted by Crippen LogP contribution is 2.27. The summed E-state index contributed by atoms with van der Waals surface area (Å²) < 4.78 is 27.2. The maximum Gasteiger partial charge on any atom is 0.251 e. The maximum atomic E-state index is 11.9. The Morgan fingerprint density at radius 2 is 2.21 bits per heavy atom. The molecule has 1 amide bonds. The summed E-state index contributed by atoms with van der Waals surface area (Å²) >= 11 is 4.36. The summed E-state index contributed by atoms with van der Waals surface area (Å²) in [5.41, 5.74) is 0. The van der Waals surface area contributed by atoms with E-state index in [4.69, 9.17) is 0 Å². The Morgan fingerprint density at radius 3 is 2.79 bits per heavy atom. The van der Waals surface area contributed by atoms with Crippen LogP contribution in [0.15, 0.2) is 20.1 Å². The molecule has 1 aromatic rings. The van der Waals surface area contributed by atoms with Gasteiger partial charge in [0.2, 0.25) is 5.91 Å². The summed E-state index contributed by atoms with van der Waals surface area (Å²) in [7, 11) is -3.47. The summed E-state index contributed by atoms with van der Waals surface area (Å²) in [5, 5.41) is 4.58. The topological polar surface area (TPSA) is 75.3 Å². The van der Waals surface area contributed by atoms with Gasteiger partial charge in [0.15, 0.2) is 0 Å². The first-order valence-electron chi connectivity index (χ1n) is 6.01. The van der Waals surface area contributed by atoms with Gasteiger partial charge >= 0.3 is 0 Å². The van der Waals surface area contributed by atoms with E-state index in [2.05, 4.69) is 26.0 Å². The summed E-state index contributed by atoms with van der Waals surface area (Å²) in [5.74, 6) is -0.000924.